The van der Waals surface area contributed by atoms with Crippen LogP contribution in [0.5, 0.6) is 0 Å². The fourth-order valence-electron chi connectivity index (χ4n) is 2.46. The quantitative estimate of drug-likeness (QED) is 0.841. The predicted molar refractivity (Wildman–Crippen MR) is 78.7 cm³/mol. The number of carbonyl (C=O) groups is 1. The lowest BCUT2D eigenvalue weighted by atomic mass is 10.1. The van der Waals surface area contributed by atoms with Gasteiger partial charge in [0.25, 0.3) is 0 Å². The molecule has 116 valence electrons. The van der Waals surface area contributed by atoms with Crippen molar-refractivity contribution in [3.05, 3.63) is 53.9 Å². The van der Waals surface area contributed by atoms with Gasteiger partial charge in [-0.05, 0) is 18.2 Å². The lowest BCUT2D eigenvalue weighted by Gasteiger charge is -2.17. The number of amides is 1. The minimum absolute atomic E-state index is 0.0263. The summed E-state index contributed by atoms with van der Waals surface area (Å²) in [6.07, 6.45) is -1.16. The van der Waals surface area contributed by atoms with Gasteiger partial charge < -0.3 is 9.47 Å². The van der Waals surface area contributed by atoms with E-state index in [4.69, 9.17) is 0 Å². The van der Waals surface area contributed by atoms with Gasteiger partial charge in [0.05, 0.1) is 17.0 Å². The Hall–Kier alpha value is -1.89. The van der Waals surface area contributed by atoms with Gasteiger partial charge in [-0.25, -0.2) is 0 Å². The lowest BCUT2D eigenvalue weighted by Crippen LogP contribution is -2.22. The Labute approximate surface area is 129 Å². The topological polar surface area (TPSA) is 25.2 Å². The van der Waals surface area contributed by atoms with E-state index in [0.717, 1.165) is 11.6 Å². The molecule has 1 aliphatic rings. The van der Waals surface area contributed by atoms with Gasteiger partial charge >= 0.3 is 6.18 Å². The molecule has 0 bridgehead atoms. The van der Waals surface area contributed by atoms with Crippen molar-refractivity contribution in [2.75, 3.05) is 12.8 Å². The number of benzene rings is 1. The fraction of sp³-hybridized carbons (Fsp3) is 0.267. The van der Waals surface area contributed by atoms with E-state index in [1.807, 2.05) is 0 Å². The van der Waals surface area contributed by atoms with Crippen molar-refractivity contribution in [1.82, 2.24) is 9.47 Å². The number of hydrogen-bond acceptors (Lipinski definition) is 2. The van der Waals surface area contributed by atoms with Crippen LogP contribution in [0, 0.1) is 0 Å². The molecule has 1 amide bonds. The number of rotatable bonds is 2. The monoisotopic (exact) mass is 326 g/mol. The molecule has 0 unspecified atom stereocenters. The van der Waals surface area contributed by atoms with Crippen molar-refractivity contribution in [3.8, 4) is 5.69 Å². The maximum Gasteiger partial charge on any atom is 0.418 e. The van der Waals surface area contributed by atoms with Gasteiger partial charge in [-0.2, -0.15) is 13.2 Å². The zero-order valence-electron chi connectivity index (χ0n) is 11.7. The molecule has 1 aromatic heterocycles. The average Bonchev–Trinajstić information content (AvgIpc) is 3.06. The highest BCUT2D eigenvalue weighted by Crippen LogP contribution is 2.39. The van der Waals surface area contributed by atoms with Crippen LogP contribution in [0.15, 0.2) is 42.7 Å². The first kappa shape index (κ1) is 15.0. The van der Waals surface area contributed by atoms with Crippen LogP contribution in [0.3, 0.4) is 0 Å². The van der Waals surface area contributed by atoms with Crippen molar-refractivity contribution in [3.63, 3.8) is 0 Å². The number of para-hydroxylation sites is 1. The summed E-state index contributed by atoms with van der Waals surface area (Å²) in [6.45, 7) is 0. The summed E-state index contributed by atoms with van der Waals surface area (Å²) in [5.41, 5.74) is 0.217. The first-order chi connectivity index (χ1) is 10.4. The highest BCUT2D eigenvalue weighted by molar-refractivity contribution is 8.00. The van der Waals surface area contributed by atoms with Crippen LogP contribution in [0.2, 0.25) is 0 Å². The highest BCUT2D eigenvalue weighted by atomic mass is 32.2. The maximum atomic E-state index is 13.1. The third-order valence-corrected chi connectivity index (χ3v) is 4.92. The Morgan fingerprint density at radius 2 is 1.95 bits per heavy atom. The zero-order valence-corrected chi connectivity index (χ0v) is 12.5. The van der Waals surface area contributed by atoms with E-state index >= 15 is 0 Å². The fourth-order valence-corrected chi connectivity index (χ4v) is 3.64. The van der Waals surface area contributed by atoms with Crippen LogP contribution < -0.4 is 0 Å². The average molecular weight is 326 g/mol. The van der Waals surface area contributed by atoms with Gasteiger partial charge in [0, 0.05) is 25.0 Å². The van der Waals surface area contributed by atoms with Gasteiger partial charge in [0.2, 0.25) is 5.91 Å². The smallest absolute Gasteiger partial charge is 0.329 e. The Morgan fingerprint density at radius 1 is 1.23 bits per heavy atom. The summed E-state index contributed by atoms with van der Waals surface area (Å²) >= 11 is 1.47. The molecular weight excluding hydrogens is 313 g/mol. The Balaban J connectivity index is 1.97. The van der Waals surface area contributed by atoms with E-state index in [1.54, 1.807) is 36.5 Å². The number of halogens is 3. The summed E-state index contributed by atoms with van der Waals surface area (Å²) < 4.78 is 40.7. The number of thioether (sulfide) groups is 1. The summed E-state index contributed by atoms with van der Waals surface area (Å²) in [5.74, 6) is 0.421. The van der Waals surface area contributed by atoms with Crippen LogP contribution in [0.1, 0.15) is 16.5 Å². The summed E-state index contributed by atoms with van der Waals surface area (Å²) in [5, 5.41) is -0.146. The first-order valence-electron chi connectivity index (χ1n) is 6.59. The molecule has 2 aromatic rings. The van der Waals surface area contributed by atoms with Crippen molar-refractivity contribution in [1.29, 1.82) is 0 Å². The number of alkyl halides is 3. The van der Waals surface area contributed by atoms with Crippen LogP contribution in [-0.2, 0) is 11.0 Å². The summed E-state index contributed by atoms with van der Waals surface area (Å²) in [7, 11) is 1.70. The molecule has 1 saturated heterocycles. The zero-order chi connectivity index (χ0) is 15.9. The Morgan fingerprint density at radius 3 is 2.59 bits per heavy atom. The molecule has 7 heteroatoms. The second-order valence-electron chi connectivity index (χ2n) is 5.04. The van der Waals surface area contributed by atoms with Crippen LogP contribution in [0.25, 0.3) is 5.69 Å². The standard InChI is InChI=1S/C15H13F3N2OS/c1-19-13(21)9-22-14(19)10-6-7-20(8-10)12-5-3-2-4-11(12)15(16,17)18/h2-8,14H,9H2,1H3/t14-/m0/s1. The molecule has 3 nitrogen and oxygen atoms in total. The van der Waals surface area contributed by atoms with Gasteiger partial charge in [0.1, 0.15) is 5.37 Å². The van der Waals surface area contributed by atoms with Gasteiger partial charge in [-0.15, -0.1) is 11.8 Å². The van der Waals surface area contributed by atoms with Gasteiger partial charge in [-0.3, -0.25) is 4.79 Å². The molecule has 0 N–H and O–H groups in total. The number of carbonyl (C=O) groups excluding carboxylic acids is 1. The predicted octanol–water partition coefficient (Wildman–Crippen LogP) is 3.70. The molecule has 0 saturated carbocycles. The minimum atomic E-state index is -4.41. The van der Waals surface area contributed by atoms with E-state index in [2.05, 4.69) is 0 Å². The van der Waals surface area contributed by atoms with E-state index < -0.39 is 11.7 Å². The summed E-state index contributed by atoms with van der Waals surface area (Å²) in [4.78, 5) is 13.2. The Bertz CT molecular complexity index is 711. The van der Waals surface area contributed by atoms with Gasteiger partial charge in [-0.1, -0.05) is 12.1 Å². The number of nitrogens with zero attached hydrogens (tertiary/aromatic N) is 2. The molecule has 1 fully saturated rings. The van der Waals surface area contributed by atoms with Gasteiger partial charge in [0.15, 0.2) is 0 Å². The first-order valence-corrected chi connectivity index (χ1v) is 7.64. The molecular formula is C15H13F3N2OS. The summed E-state index contributed by atoms with van der Waals surface area (Å²) in [6, 6.07) is 7.19. The second-order valence-corrected chi connectivity index (χ2v) is 6.10. The highest BCUT2D eigenvalue weighted by Gasteiger charge is 2.34. The molecule has 0 aliphatic carbocycles. The molecule has 3 rings (SSSR count). The molecule has 1 atom stereocenters. The van der Waals surface area contributed by atoms with E-state index in [0.29, 0.717) is 5.75 Å². The molecule has 22 heavy (non-hydrogen) atoms. The Kier molecular flexibility index (Phi) is 3.68. The lowest BCUT2D eigenvalue weighted by molar-refractivity contribution is -0.137. The molecule has 2 heterocycles. The normalized spacial score (nSPS) is 19.0. The van der Waals surface area contributed by atoms with Crippen molar-refractivity contribution in [2.45, 2.75) is 11.6 Å². The van der Waals surface area contributed by atoms with E-state index in [1.165, 1.54) is 28.5 Å². The SMILES string of the molecule is CN1C(=O)CS[C@H]1c1ccn(-c2ccccc2C(F)(F)F)c1. The largest absolute Gasteiger partial charge is 0.418 e. The van der Waals surface area contributed by atoms with Crippen molar-refractivity contribution in [2.24, 2.45) is 0 Å². The third kappa shape index (κ3) is 2.61. The molecule has 1 aromatic carbocycles. The van der Waals surface area contributed by atoms with Crippen molar-refractivity contribution < 1.29 is 18.0 Å². The number of aromatic nitrogens is 1. The van der Waals surface area contributed by atoms with E-state index in [9.17, 15) is 18.0 Å². The third-order valence-electron chi connectivity index (χ3n) is 3.60. The van der Waals surface area contributed by atoms with Crippen LogP contribution in [0.4, 0.5) is 13.2 Å². The maximum absolute atomic E-state index is 13.1. The second kappa shape index (κ2) is 5.39. The molecule has 0 radical (unpaired) electrons. The molecule has 1 aliphatic heterocycles. The van der Waals surface area contributed by atoms with E-state index in [-0.39, 0.29) is 17.0 Å². The van der Waals surface area contributed by atoms with Crippen LogP contribution >= 0.6 is 11.8 Å². The molecule has 0 spiro atoms. The van der Waals surface area contributed by atoms with Crippen molar-refractivity contribution >= 4 is 17.7 Å². The minimum Gasteiger partial charge on any atom is -0.329 e. The number of hydrogen-bond donors (Lipinski definition) is 0. The van der Waals surface area contributed by atoms with Crippen LogP contribution in [-0.4, -0.2) is 28.2 Å².